The molecular weight excluding hydrogens is 308 g/mol. The molecule has 7 nitrogen and oxygen atoms in total. The molecule has 0 aliphatic rings. The van der Waals surface area contributed by atoms with Crippen molar-refractivity contribution < 1.29 is 14.3 Å². The minimum atomic E-state index is -0.387. The fourth-order valence-corrected chi connectivity index (χ4v) is 1.83. The SMILES string of the molecule is O=Cc1ccc(NC(=O)c2cnc(Oc3ccccc3)nc2)cn1. The summed E-state index contributed by atoms with van der Waals surface area (Å²) in [5.74, 6) is 0.220. The number of benzene rings is 1. The van der Waals surface area contributed by atoms with E-state index in [1.807, 2.05) is 18.2 Å². The van der Waals surface area contributed by atoms with E-state index in [4.69, 9.17) is 4.74 Å². The number of anilines is 1. The standard InChI is InChI=1S/C17H12N4O3/c22-11-14-7-6-13(10-18-14)21-16(23)12-8-19-17(20-9-12)24-15-4-2-1-3-5-15/h1-11H,(H,21,23). The van der Waals surface area contributed by atoms with Crippen LogP contribution in [-0.2, 0) is 0 Å². The van der Waals surface area contributed by atoms with Gasteiger partial charge in [-0.3, -0.25) is 14.6 Å². The van der Waals surface area contributed by atoms with Gasteiger partial charge in [-0.1, -0.05) is 18.2 Å². The van der Waals surface area contributed by atoms with Crippen LogP contribution >= 0.6 is 0 Å². The van der Waals surface area contributed by atoms with E-state index in [1.165, 1.54) is 24.7 Å². The number of aldehydes is 1. The van der Waals surface area contributed by atoms with Crippen molar-refractivity contribution in [3.8, 4) is 11.8 Å². The number of para-hydroxylation sites is 1. The Kier molecular flexibility index (Phi) is 4.52. The first kappa shape index (κ1) is 15.3. The lowest BCUT2D eigenvalue weighted by Gasteiger charge is -2.06. The van der Waals surface area contributed by atoms with Gasteiger partial charge in [-0.2, -0.15) is 0 Å². The first-order valence-corrected chi connectivity index (χ1v) is 7.02. The van der Waals surface area contributed by atoms with Gasteiger partial charge in [0.05, 0.1) is 17.4 Å². The number of hydrogen-bond acceptors (Lipinski definition) is 6. The second-order valence-corrected chi connectivity index (χ2v) is 4.71. The molecule has 2 heterocycles. The van der Waals surface area contributed by atoms with E-state index in [0.29, 0.717) is 23.4 Å². The van der Waals surface area contributed by atoms with Crippen LogP contribution < -0.4 is 10.1 Å². The maximum atomic E-state index is 12.1. The van der Waals surface area contributed by atoms with Crippen LogP contribution in [0.4, 0.5) is 5.69 Å². The predicted octanol–water partition coefficient (Wildman–Crippen LogP) is 2.73. The molecule has 0 aliphatic heterocycles. The molecule has 0 atom stereocenters. The highest BCUT2D eigenvalue weighted by Gasteiger charge is 2.09. The van der Waals surface area contributed by atoms with Gasteiger partial charge in [0, 0.05) is 12.4 Å². The van der Waals surface area contributed by atoms with Crippen molar-refractivity contribution in [1.29, 1.82) is 0 Å². The van der Waals surface area contributed by atoms with Gasteiger partial charge >= 0.3 is 6.01 Å². The van der Waals surface area contributed by atoms with Crippen LogP contribution in [0.15, 0.2) is 61.1 Å². The summed E-state index contributed by atoms with van der Waals surface area (Å²) in [6, 6.07) is 12.3. The lowest BCUT2D eigenvalue weighted by Crippen LogP contribution is -2.13. The molecule has 118 valence electrons. The molecule has 0 saturated heterocycles. The Labute approximate surface area is 137 Å². The Morgan fingerprint density at radius 1 is 0.958 bits per heavy atom. The maximum Gasteiger partial charge on any atom is 0.321 e. The molecule has 0 fully saturated rings. The number of nitrogens with zero attached hydrogens (tertiary/aromatic N) is 3. The summed E-state index contributed by atoms with van der Waals surface area (Å²) >= 11 is 0. The molecule has 7 heteroatoms. The lowest BCUT2D eigenvalue weighted by atomic mass is 10.3. The van der Waals surface area contributed by atoms with Crippen molar-refractivity contribution >= 4 is 17.9 Å². The number of carbonyl (C=O) groups excluding carboxylic acids is 2. The Morgan fingerprint density at radius 3 is 2.33 bits per heavy atom. The normalized spacial score (nSPS) is 10.0. The zero-order chi connectivity index (χ0) is 16.8. The van der Waals surface area contributed by atoms with Gasteiger partial charge in [-0.05, 0) is 24.3 Å². The maximum absolute atomic E-state index is 12.1. The number of rotatable bonds is 5. The number of ether oxygens (including phenoxy) is 1. The Hall–Kier alpha value is -3.61. The molecule has 1 N–H and O–H groups in total. The van der Waals surface area contributed by atoms with Crippen LogP contribution in [-0.4, -0.2) is 27.1 Å². The highest BCUT2D eigenvalue weighted by molar-refractivity contribution is 6.03. The summed E-state index contributed by atoms with van der Waals surface area (Å²) in [6.45, 7) is 0. The summed E-state index contributed by atoms with van der Waals surface area (Å²) in [5.41, 5.74) is 1.03. The highest BCUT2D eigenvalue weighted by atomic mass is 16.5. The summed E-state index contributed by atoms with van der Waals surface area (Å²) in [5, 5.41) is 2.64. The van der Waals surface area contributed by atoms with Crippen molar-refractivity contribution in [2.24, 2.45) is 0 Å². The summed E-state index contributed by atoms with van der Waals surface area (Å²) in [7, 11) is 0. The molecule has 0 saturated carbocycles. The molecule has 0 aliphatic carbocycles. The van der Waals surface area contributed by atoms with Crippen LogP contribution in [0.25, 0.3) is 0 Å². The Balaban J connectivity index is 1.65. The van der Waals surface area contributed by atoms with Gasteiger partial charge in [0.25, 0.3) is 5.91 Å². The van der Waals surface area contributed by atoms with Crippen molar-refractivity contribution in [3.05, 3.63) is 72.3 Å². The number of pyridine rings is 1. The molecule has 0 spiro atoms. The molecular formula is C17H12N4O3. The highest BCUT2D eigenvalue weighted by Crippen LogP contribution is 2.16. The number of nitrogens with one attached hydrogen (secondary N) is 1. The first-order valence-electron chi connectivity index (χ1n) is 7.02. The number of carbonyl (C=O) groups is 2. The summed E-state index contributed by atoms with van der Waals surface area (Å²) in [4.78, 5) is 34.5. The number of hydrogen-bond donors (Lipinski definition) is 1. The van der Waals surface area contributed by atoms with E-state index in [-0.39, 0.29) is 17.5 Å². The average molecular weight is 320 g/mol. The van der Waals surface area contributed by atoms with E-state index in [1.54, 1.807) is 18.2 Å². The molecule has 1 aromatic carbocycles. The third-order valence-electron chi connectivity index (χ3n) is 3.01. The van der Waals surface area contributed by atoms with Crippen molar-refractivity contribution in [2.75, 3.05) is 5.32 Å². The van der Waals surface area contributed by atoms with E-state index in [9.17, 15) is 9.59 Å². The van der Waals surface area contributed by atoms with Crippen LogP contribution in [0.2, 0.25) is 0 Å². The molecule has 1 amide bonds. The van der Waals surface area contributed by atoms with Crippen molar-refractivity contribution in [1.82, 2.24) is 15.0 Å². The fourth-order valence-electron chi connectivity index (χ4n) is 1.83. The summed E-state index contributed by atoms with van der Waals surface area (Å²) < 4.78 is 5.46. The van der Waals surface area contributed by atoms with E-state index in [2.05, 4.69) is 20.3 Å². The van der Waals surface area contributed by atoms with Crippen LogP contribution in [0.1, 0.15) is 20.8 Å². The molecule has 0 unspecified atom stereocenters. The van der Waals surface area contributed by atoms with E-state index in [0.717, 1.165) is 0 Å². The predicted molar refractivity (Wildman–Crippen MR) is 86.1 cm³/mol. The molecule has 24 heavy (non-hydrogen) atoms. The minimum Gasteiger partial charge on any atom is -0.424 e. The first-order chi connectivity index (χ1) is 11.7. The van der Waals surface area contributed by atoms with Crippen LogP contribution in [0, 0.1) is 0 Å². The van der Waals surface area contributed by atoms with E-state index < -0.39 is 0 Å². The lowest BCUT2D eigenvalue weighted by molar-refractivity contribution is 0.102. The van der Waals surface area contributed by atoms with Crippen LogP contribution in [0.5, 0.6) is 11.8 Å². The van der Waals surface area contributed by atoms with Gasteiger partial charge < -0.3 is 10.1 Å². The van der Waals surface area contributed by atoms with Gasteiger partial charge in [0.2, 0.25) is 0 Å². The third-order valence-corrected chi connectivity index (χ3v) is 3.01. The second-order valence-electron chi connectivity index (χ2n) is 4.71. The number of amides is 1. The molecule has 0 bridgehead atoms. The largest absolute Gasteiger partial charge is 0.424 e. The van der Waals surface area contributed by atoms with Crippen molar-refractivity contribution in [3.63, 3.8) is 0 Å². The smallest absolute Gasteiger partial charge is 0.321 e. The Bertz CT molecular complexity index is 834. The zero-order valence-corrected chi connectivity index (χ0v) is 12.4. The fraction of sp³-hybridized carbons (Fsp3) is 0. The van der Waals surface area contributed by atoms with Gasteiger partial charge in [-0.15, -0.1) is 0 Å². The number of aromatic nitrogens is 3. The van der Waals surface area contributed by atoms with E-state index >= 15 is 0 Å². The van der Waals surface area contributed by atoms with Gasteiger partial charge in [-0.25, -0.2) is 9.97 Å². The van der Waals surface area contributed by atoms with Crippen LogP contribution in [0.3, 0.4) is 0 Å². The topological polar surface area (TPSA) is 94.1 Å². The van der Waals surface area contributed by atoms with Gasteiger partial charge in [0.1, 0.15) is 11.4 Å². The van der Waals surface area contributed by atoms with Crippen molar-refractivity contribution in [2.45, 2.75) is 0 Å². The molecule has 2 aromatic heterocycles. The van der Waals surface area contributed by atoms with Gasteiger partial charge in [0.15, 0.2) is 6.29 Å². The summed E-state index contributed by atoms with van der Waals surface area (Å²) in [6.07, 6.45) is 4.77. The monoisotopic (exact) mass is 320 g/mol. The molecule has 0 radical (unpaired) electrons. The minimum absolute atomic E-state index is 0.148. The second kappa shape index (κ2) is 7.10. The molecule has 3 rings (SSSR count). The zero-order valence-electron chi connectivity index (χ0n) is 12.4. The quantitative estimate of drug-likeness (QED) is 0.726. The third kappa shape index (κ3) is 3.77. The molecule has 3 aromatic rings. The Morgan fingerprint density at radius 2 is 1.71 bits per heavy atom. The average Bonchev–Trinajstić information content (AvgIpc) is 2.64.